The van der Waals surface area contributed by atoms with Crippen molar-refractivity contribution in [2.24, 2.45) is 5.73 Å². The van der Waals surface area contributed by atoms with Crippen molar-refractivity contribution in [3.63, 3.8) is 0 Å². The number of carbonyl (C=O) groups excluding carboxylic acids is 2. The highest BCUT2D eigenvalue weighted by atomic mass is 16.2. The summed E-state index contributed by atoms with van der Waals surface area (Å²) in [5, 5.41) is 5.44. The number of nitrogens with one attached hydrogen (secondary N) is 2. The van der Waals surface area contributed by atoms with E-state index in [4.69, 9.17) is 5.73 Å². The highest BCUT2D eigenvalue weighted by Gasteiger charge is 2.04. The van der Waals surface area contributed by atoms with Gasteiger partial charge in [0.2, 0.25) is 11.8 Å². The monoisotopic (exact) mass is 235 g/mol. The first-order chi connectivity index (χ1) is 8.02. The van der Waals surface area contributed by atoms with Crippen molar-refractivity contribution in [3.05, 3.63) is 23.8 Å². The zero-order valence-corrected chi connectivity index (χ0v) is 10.0. The molecule has 1 rings (SSSR count). The van der Waals surface area contributed by atoms with Crippen molar-refractivity contribution >= 4 is 23.2 Å². The van der Waals surface area contributed by atoms with Crippen molar-refractivity contribution in [2.75, 3.05) is 17.2 Å². The van der Waals surface area contributed by atoms with Gasteiger partial charge in [-0.25, -0.2) is 0 Å². The molecule has 0 bridgehead atoms. The maximum atomic E-state index is 11.3. The predicted octanol–water partition coefficient (Wildman–Crippen LogP) is 1.24. The fourth-order valence-electron chi connectivity index (χ4n) is 1.43. The van der Waals surface area contributed by atoms with Gasteiger partial charge in [-0.3, -0.25) is 9.59 Å². The predicted molar refractivity (Wildman–Crippen MR) is 67.8 cm³/mol. The Morgan fingerprint density at radius 1 is 1.29 bits per heavy atom. The number of nitrogens with two attached hydrogens (primary N) is 1. The first kappa shape index (κ1) is 13.2. The molecule has 0 saturated heterocycles. The van der Waals surface area contributed by atoms with Crippen molar-refractivity contribution in [1.29, 1.82) is 0 Å². The molecule has 17 heavy (non-hydrogen) atoms. The molecule has 4 N–H and O–H groups in total. The van der Waals surface area contributed by atoms with Crippen LogP contribution in [0.3, 0.4) is 0 Å². The molecule has 0 aliphatic carbocycles. The van der Waals surface area contributed by atoms with E-state index in [1.807, 2.05) is 6.92 Å². The second kappa shape index (κ2) is 6.00. The van der Waals surface area contributed by atoms with Crippen LogP contribution in [0.2, 0.25) is 0 Å². The third kappa shape index (κ3) is 4.24. The average Bonchev–Trinajstić information content (AvgIpc) is 2.22. The molecule has 0 aliphatic rings. The van der Waals surface area contributed by atoms with Gasteiger partial charge in [-0.2, -0.15) is 0 Å². The Hall–Kier alpha value is -1.88. The summed E-state index contributed by atoms with van der Waals surface area (Å²) in [4.78, 5) is 22.2. The maximum Gasteiger partial charge on any atom is 0.225 e. The Morgan fingerprint density at radius 3 is 2.53 bits per heavy atom. The number of benzene rings is 1. The molecule has 5 nitrogen and oxygen atoms in total. The summed E-state index contributed by atoms with van der Waals surface area (Å²) in [7, 11) is 0. The molecule has 1 aromatic rings. The van der Waals surface area contributed by atoms with Gasteiger partial charge in [-0.05, 0) is 30.7 Å². The molecule has 1 aromatic carbocycles. The normalized spacial score (nSPS) is 9.82. The molecule has 0 radical (unpaired) electrons. The number of hydrogen-bond acceptors (Lipinski definition) is 3. The third-order valence-electron chi connectivity index (χ3n) is 2.19. The minimum atomic E-state index is -0.118. The van der Waals surface area contributed by atoms with Gasteiger partial charge < -0.3 is 16.4 Å². The van der Waals surface area contributed by atoms with Crippen LogP contribution in [0.5, 0.6) is 0 Å². The summed E-state index contributed by atoms with van der Waals surface area (Å²) >= 11 is 0. The lowest BCUT2D eigenvalue weighted by molar-refractivity contribution is -0.116. The minimum absolute atomic E-state index is 0.112. The van der Waals surface area contributed by atoms with Crippen molar-refractivity contribution < 1.29 is 9.59 Å². The number of anilines is 2. The van der Waals surface area contributed by atoms with Gasteiger partial charge in [0.15, 0.2) is 0 Å². The Bertz CT molecular complexity index is 430. The van der Waals surface area contributed by atoms with Gasteiger partial charge in [0.1, 0.15) is 0 Å². The second-order valence-electron chi connectivity index (χ2n) is 3.80. The molecule has 0 aromatic heterocycles. The Morgan fingerprint density at radius 2 is 2.00 bits per heavy atom. The fraction of sp³-hybridized carbons (Fsp3) is 0.333. The van der Waals surface area contributed by atoms with Gasteiger partial charge in [0.05, 0.1) is 0 Å². The zero-order valence-electron chi connectivity index (χ0n) is 10.0. The van der Waals surface area contributed by atoms with Crippen LogP contribution in [-0.4, -0.2) is 18.4 Å². The van der Waals surface area contributed by atoms with Gasteiger partial charge >= 0.3 is 0 Å². The van der Waals surface area contributed by atoms with Crippen LogP contribution in [0.15, 0.2) is 18.2 Å². The van der Waals surface area contributed by atoms with Crippen molar-refractivity contribution in [3.8, 4) is 0 Å². The van der Waals surface area contributed by atoms with Gasteiger partial charge in [-0.15, -0.1) is 0 Å². The molecule has 0 fully saturated rings. The van der Waals surface area contributed by atoms with Crippen LogP contribution in [0.4, 0.5) is 11.4 Å². The first-order valence-electron chi connectivity index (χ1n) is 5.41. The minimum Gasteiger partial charge on any atom is -0.330 e. The second-order valence-corrected chi connectivity index (χ2v) is 3.80. The number of rotatable bonds is 4. The molecule has 0 aliphatic heterocycles. The molecular weight excluding hydrogens is 218 g/mol. The highest BCUT2D eigenvalue weighted by Crippen LogP contribution is 2.19. The fourth-order valence-corrected chi connectivity index (χ4v) is 1.43. The van der Waals surface area contributed by atoms with Crippen LogP contribution < -0.4 is 16.4 Å². The number of hydrogen-bond donors (Lipinski definition) is 3. The summed E-state index contributed by atoms with van der Waals surface area (Å²) in [6.45, 7) is 3.65. The number of aryl methyl sites for hydroxylation is 1. The van der Waals surface area contributed by atoms with E-state index in [1.165, 1.54) is 6.92 Å². The topological polar surface area (TPSA) is 84.2 Å². The first-order valence-corrected chi connectivity index (χ1v) is 5.41. The summed E-state index contributed by atoms with van der Waals surface area (Å²) < 4.78 is 0. The number of amides is 2. The lowest BCUT2D eigenvalue weighted by atomic mass is 10.1. The van der Waals surface area contributed by atoms with Crippen molar-refractivity contribution in [1.82, 2.24) is 0 Å². The Kier molecular flexibility index (Phi) is 4.66. The molecule has 0 heterocycles. The third-order valence-corrected chi connectivity index (χ3v) is 2.19. The average molecular weight is 235 g/mol. The van der Waals surface area contributed by atoms with E-state index in [1.54, 1.807) is 18.2 Å². The summed E-state index contributed by atoms with van der Waals surface area (Å²) in [5.74, 6) is -0.229. The molecule has 0 unspecified atom stereocenters. The lowest BCUT2D eigenvalue weighted by Crippen LogP contribution is -2.16. The van der Waals surface area contributed by atoms with Crippen LogP contribution in [-0.2, 0) is 9.59 Å². The Labute approximate surface area is 100 Å². The van der Waals surface area contributed by atoms with Gasteiger partial charge in [0.25, 0.3) is 0 Å². The highest BCUT2D eigenvalue weighted by molar-refractivity contribution is 5.93. The van der Waals surface area contributed by atoms with E-state index >= 15 is 0 Å². The van der Waals surface area contributed by atoms with E-state index in [0.717, 1.165) is 11.3 Å². The molecular formula is C12H17N3O2. The zero-order chi connectivity index (χ0) is 12.8. The van der Waals surface area contributed by atoms with Crippen molar-refractivity contribution in [2.45, 2.75) is 20.3 Å². The van der Waals surface area contributed by atoms with Gasteiger partial charge in [-0.1, -0.05) is 0 Å². The van der Waals surface area contributed by atoms with Crippen LogP contribution in [0.25, 0.3) is 0 Å². The molecule has 5 heteroatoms. The maximum absolute atomic E-state index is 11.3. The standard InChI is InChI=1S/C12H17N3O2/c1-8-7-10(15-12(17)5-6-13)3-4-11(8)14-9(2)16/h3-4,7H,5-6,13H2,1-2H3,(H,14,16)(H,15,17). The summed E-state index contributed by atoms with van der Waals surface area (Å²) in [6.07, 6.45) is 0.298. The summed E-state index contributed by atoms with van der Waals surface area (Å²) in [6, 6.07) is 5.31. The number of carbonyl (C=O) groups is 2. The van der Waals surface area contributed by atoms with E-state index in [0.29, 0.717) is 18.7 Å². The molecule has 0 saturated carbocycles. The SMILES string of the molecule is CC(=O)Nc1ccc(NC(=O)CCN)cc1C. The quantitative estimate of drug-likeness (QED) is 0.734. The molecule has 92 valence electrons. The summed E-state index contributed by atoms with van der Waals surface area (Å²) in [5.41, 5.74) is 7.63. The van der Waals surface area contributed by atoms with E-state index in [2.05, 4.69) is 10.6 Å². The van der Waals surface area contributed by atoms with E-state index < -0.39 is 0 Å². The Balaban J connectivity index is 2.74. The van der Waals surface area contributed by atoms with E-state index in [-0.39, 0.29) is 11.8 Å². The molecule has 0 atom stereocenters. The molecule has 2 amide bonds. The van der Waals surface area contributed by atoms with Crippen LogP contribution in [0, 0.1) is 6.92 Å². The lowest BCUT2D eigenvalue weighted by Gasteiger charge is -2.09. The van der Waals surface area contributed by atoms with Crippen LogP contribution >= 0.6 is 0 Å². The van der Waals surface area contributed by atoms with E-state index in [9.17, 15) is 9.59 Å². The molecule has 0 spiro atoms. The van der Waals surface area contributed by atoms with Crippen LogP contribution in [0.1, 0.15) is 18.9 Å². The van der Waals surface area contributed by atoms with Gasteiger partial charge in [0, 0.05) is 31.3 Å². The largest absolute Gasteiger partial charge is 0.330 e. The smallest absolute Gasteiger partial charge is 0.225 e.